The second-order valence-electron chi connectivity index (χ2n) is 5.32. The maximum absolute atomic E-state index is 12.9. The molecule has 0 bridgehead atoms. The van der Waals surface area contributed by atoms with Gasteiger partial charge in [0, 0.05) is 22.2 Å². The highest BCUT2D eigenvalue weighted by molar-refractivity contribution is 9.10. The van der Waals surface area contributed by atoms with E-state index in [1.807, 2.05) is 26.0 Å². The van der Waals surface area contributed by atoms with Crippen LogP contribution in [0.15, 0.2) is 22.7 Å². The van der Waals surface area contributed by atoms with E-state index in [2.05, 4.69) is 21.2 Å². The summed E-state index contributed by atoms with van der Waals surface area (Å²) >= 11 is 3.35. The van der Waals surface area contributed by atoms with Crippen LogP contribution in [0.1, 0.15) is 39.3 Å². The molecule has 0 aromatic heterocycles. The number of hydrogen-bond acceptors (Lipinski definition) is 2. The molecule has 1 rings (SSSR count). The number of alkyl halides is 3. The lowest BCUT2D eigenvalue weighted by Gasteiger charge is -2.33. The van der Waals surface area contributed by atoms with E-state index in [0.717, 1.165) is 16.6 Å². The topological polar surface area (TPSA) is 15.3 Å². The molecule has 2 nitrogen and oxygen atoms in total. The van der Waals surface area contributed by atoms with Crippen molar-refractivity contribution in [3.05, 3.63) is 28.2 Å². The van der Waals surface area contributed by atoms with Gasteiger partial charge in [0.1, 0.15) is 6.54 Å². The number of rotatable bonds is 6. The van der Waals surface area contributed by atoms with Crippen molar-refractivity contribution in [2.75, 3.05) is 18.0 Å². The molecule has 120 valence electrons. The molecule has 0 aliphatic rings. The lowest BCUT2D eigenvalue weighted by Crippen LogP contribution is -2.40. The first-order valence-electron chi connectivity index (χ1n) is 7.02. The van der Waals surface area contributed by atoms with Crippen LogP contribution >= 0.6 is 15.9 Å². The van der Waals surface area contributed by atoms with Gasteiger partial charge >= 0.3 is 6.18 Å². The predicted octanol–water partition coefficient (Wildman–Crippen LogP) is 4.90. The minimum absolute atomic E-state index is 0.00687. The summed E-state index contributed by atoms with van der Waals surface area (Å²) in [6.07, 6.45) is -4.23. The molecule has 0 radical (unpaired) electrons. The summed E-state index contributed by atoms with van der Waals surface area (Å²) in [7, 11) is 0. The molecule has 21 heavy (non-hydrogen) atoms. The molecule has 0 aliphatic carbocycles. The van der Waals surface area contributed by atoms with Gasteiger partial charge in [0.05, 0.1) is 0 Å². The molecule has 0 heterocycles. The van der Waals surface area contributed by atoms with E-state index in [1.54, 1.807) is 19.9 Å². The first-order valence-corrected chi connectivity index (χ1v) is 7.81. The van der Waals surface area contributed by atoms with E-state index in [-0.39, 0.29) is 12.1 Å². The Hall–Kier alpha value is -0.750. The Kier molecular flexibility index (Phi) is 6.53. The number of hydrogen-bond donors (Lipinski definition) is 1. The zero-order valence-electron chi connectivity index (χ0n) is 12.8. The van der Waals surface area contributed by atoms with Crippen LogP contribution in [0.3, 0.4) is 0 Å². The molecule has 1 N–H and O–H groups in total. The van der Waals surface area contributed by atoms with E-state index < -0.39 is 12.7 Å². The fourth-order valence-corrected chi connectivity index (χ4v) is 2.64. The van der Waals surface area contributed by atoms with E-state index in [0.29, 0.717) is 5.69 Å². The largest absolute Gasteiger partial charge is 0.405 e. The standard InChI is InChI=1S/C15H22BrF3N2/c1-5-20-11(4)13-7-6-12(16)8-14(13)21(10(2)3)9-15(17,18)19/h6-8,10-11,20H,5,9H2,1-4H3. The number of anilines is 1. The first kappa shape index (κ1) is 18.3. The molecule has 0 amide bonds. The molecule has 1 aromatic carbocycles. The Morgan fingerprint density at radius 2 is 1.86 bits per heavy atom. The number of nitrogens with one attached hydrogen (secondary N) is 1. The maximum Gasteiger partial charge on any atom is 0.405 e. The monoisotopic (exact) mass is 366 g/mol. The second kappa shape index (κ2) is 7.49. The van der Waals surface area contributed by atoms with Gasteiger partial charge in [-0.3, -0.25) is 0 Å². The van der Waals surface area contributed by atoms with Gasteiger partial charge < -0.3 is 10.2 Å². The lowest BCUT2D eigenvalue weighted by atomic mass is 10.0. The average molecular weight is 367 g/mol. The van der Waals surface area contributed by atoms with Gasteiger partial charge in [0.15, 0.2) is 0 Å². The number of nitrogens with zero attached hydrogens (tertiary/aromatic N) is 1. The van der Waals surface area contributed by atoms with Gasteiger partial charge in [-0.2, -0.15) is 13.2 Å². The third-order valence-corrected chi connectivity index (χ3v) is 3.74. The summed E-state index contributed by atoms with van der Waals surface area (Å²) in [4.78, 5) is 1.40. The van der Waals surface area contributed by atoms with Crippen molar-refractivity contribution < 1.29 is 13.2 Å². The van der Waals surface area contributed by atoms with Crippen LogP contribution in [0.2, 0.25) is 0 Å². The minimum Gasteiger partial charge on any atom is -0.360 e. The Bertz CT molecular complexity index is 461. The van der Waals surface area contributed by atoms with E-state index in [1.165, 1.54) is 4.90 Å². The summed E-state index contributed by atoms with van der Waals surface area (Å²) < 4.78 is 39.4. The van der Waals surface area contributed by atoms with Crippen LogP contribution in [0.5, 0.6) is 0 Å². The van der Waals surface area contributed by atoms with Gasteiger partial charge in [-0.25, -0.2) is 0 Å². The summed E-state index contributed by atoms with van der Waals surface area (Å²) in [5, 5.41) is 3.26. The smallest absolute Gasteiger partial charge is 0.360 e. The summed E-state index contributed by atoms with van der Waals surface area (Å²) in [6, 6.07) is 5.24. The Labute approximate surface area is 132 Å². The molecule has 1 aromatic rings. The zero-order valence-corrected chi connectivity index (χ0v) is 14.3. The molecule has 0 fully saturated rings. The molecule has 0 aliphatic heterocycles. The van der Waals surface area contributed by atoms with Crippen LogP contribution in [0, 0.1) is 0 Å². The molecular weight excluding hydrogens is 345 g/mol. The van der Waals surface area contributed by atoms with Crippen molar-refractivity contribution in [1.82, 2.24) is 5.32 Å². The van der Waals surface area contributed by atoms with Crippen molar-refractivity contribution in [1.29, 1.82) is 0 Å². The number of benzene rings is 1. The second-order valence-corrected chi connectivity index (χ2v) is 6.24. The summed E-state index contributed by atoms with van der Waals surface area (Å²) in [6.45, 7) is 7.29. The number of halogens is 4. The highest BCUT2D eigenvalue weighted by Gasteiger charge is 2.33. The normalized spacial score (nSPS) is 13.6. The van der Waals surface area contributed by atoms with Crippen molar-refractivity contribution in [3.8, 4) is 0 Å². The van der Waals surface area contributed by atoms with Gasteiger partial charge in [-0.15, -0.1) is 0 Å². The van der Waals surface area contributed by atoms with E-state index in [4.69, 9.17) is 0 Å². The molecular formula is C15H22BrF3N2. The van der Waals surface area contributed by atoms with Gasteiger partial charge in [0.25, 0.3) is 0 Å². The third-order valence-electron chi connectivity index (χ3n) is 3.25. The first-order chi connectivity index (χ1) is 9.65. The van der Waals surface area contributed by atoms with Gasteiger partial charge in [-0.1, -0.05) is 28.9 Å². The Morgan fingerprint density at radius 1 is 1.24 bits per heavy atom. The highest BCUT2D eigenvalue weighted by atomic mass is 79.9. The van der Waals surface area contributed by atoms with Crippen molar-refractivity contribution in [2.45, 2.75) is 46.0 Å². The van der Waals surface area contributed by atoms with E-state index in [9.17, 15) is 13.2 Å². The minimum atomic E-state index is -4.23. The van der Waals surface area contributed by atoms with Crippen LogP contribution in [0.4, 0.5) is 18.9 Å². The lowest BCUT2D eigenvalue weighted by molar-refractivity contribution is -0.120. The fourth-order valence-electron chi connectivity index (χ4n) is 2.29. The van der Waals surface area contributed by atoms with Crippen LogP contribution in [-0.4, -0.2) is 25.3 Å². The van der Waals surface area contributed by atoms with Gasteiger partial charge in [0.2, 0.25) is 0 Å². The quantitative estimate of drug-likeness (QED) is 0.770. The third kappa shape index (κ3) is 5.51. The Morgan fingerprint density at radius 3 is 2.33 bits per heavy atom. The van der Waals surface area contributed by atoms with Crippen LogP contribution < -0.4 is 10.2 Å². The van der Waals surface area contributed by atoms with Crippen molar-refractivity contribution >= 4 is 21.6 Å². The molecule has 6 heteroatoms. The van der Waals surface area contributed by atoms with Crippen LogP contribution in [-0.2, 0) is 0 Å². The van der Waals surface area contributed by atoms with Gasteiger partial charge in [-0.05, 0) is 45.0 Å². The fraction of sp³-hybridized carbons (Fsp3) is 0.600. The predicted molar refractivity (Wildman–Crippen MR) is 84.8 cm³/mol. The molecule has 1 atom stereocenters. The zero-order chi connectivity index (χ0) is 16.2. The summed E-state index contributed by atoms with van der Waals surface area (Å²) in [5.41, 5.74) is 1.49. The molecule has 0 spiro atoms. The summed E-state index contributed by atoms with van der Waals surface area (Å²) in [5.74, 6) is 0. The van der Waals surface area contributed by atoms with Crippen molar-refractivity contribution in [2.24, 2.45) is 0 Å². The van der Waals surface area contributed by atoms with Crippen LogP contribution in [0.25, 0.3) is 0 Å². The van der Waals surface area contributed by atoms with E-state index >= 15 is 0 Å². The highest BCUT2D eigenvalue weighted by Crippen LogP contribution is 2.33. The van der Waals surface area contributed by atoms with Crippen molar-refractivity contribution in [3.63, 3.8) is 0 Å². The molecule has 0 saturated heterocycles. The molecule has 1 unspecified atom stereocenters. The maximum atomic E-state index is 12.9. The average Bonchev–Trinajstić information content (AvgIpc) is 2.34. The Balaban J connectivity index is 3.25. The SMILES string of the molecule is CCNC(C)c1ccc(Br)cc1N(CC(F)(F)F)C(C)C. The molecule has 0 saturated carbocycles.